The number of aliphatic imine (C=N–C) groups is 2. The standard InChI is InChI=1S/C82H152N2O10/c1-5-9-13-17-21-25-29-33-37-41-45-49-53-57-61-65-75-83-81(69-89-75,71-91-77(85)67-63-59-55-51-47-43-39-35-31-27-23-19-15-11-7-3)73-93-79(87)80(88)94-74-82(72-92-78(86)68-64-60-56-52-48-44-40-36-32-28-24-20-16-12-8-4)70-90-76(84-82)66-62-58-54-50-46-42-38-34-30-26-22-18-14-10-6-2/h5-74H2,1-4H3. The van der Waals surface area contributed by atoms with E-state index >= 15 is 0 Å². The molecule has 2 unspecified atom stereocenters. The Morgan fingerprint density at radius 3 is 0.660 bits per heavy atom. The minimum atomic E-state index is -1.18. The number of carbonyl (C=O) groups excluding carboxylic acids is 4. The predicted octanol–water partition coefficient (Wildman–Crippen LogP) is 24.5. The molecule has 0 N–H and O–H groups in total. The van der Waals surface area contributed by atoms with Crippen molar-refractivity contribution in [3.63, 3.8) is 0 Å². The molecule has 0 bridgehead atoms. The topological polar surface area (TPSA) is 148 Å². The van der Waals surface area contributed by atoms with Crippen LogP contribution in [0.25, 0.3) is 0 Å². The van der Waals surface area contributed by atoms with Crippen LogP contribution < -0.4 is 0 Å². The number of esters is 4. The average Bonchev–Trinajstić information content (AvgIpc) is 1.69. The van der Waals surface area contributed by atoms with E-state index in [2.05, 4.69) is 27.7 Å². The van der Waals surface area contributed by atoms with E-state index in [-0.39, 0.29) is 51.6 Å². The summed E-state index contributed by atoms with van der Waals surface area (Å²) in [5.41, 5.74) is -2.36. The first-order valence-electron chi connectivity index (χ1n) is 41.3. The van der Waals surface area contributed by atoms with E-state index in [0.29, 0.717) is 37.5 Å². The van der Waals surface area contributed by atoms with Crippen LogP contribution in [0.2, 0.25) is 0 Å². The van der Waals surface area contributed by atoms with Crippen molar-refractivity contribution in [1.29, 1.82) is 0 Å². The summed E-state index contributed by atoms with van der Waals surface area (Å²) in [6.07, 6.45) is 77.8. The van der Waals surface area contributed by atoms with Gasteiger partial charge in [0, 0.05) is 25.7 Å². The summed E-state index contributed by atoms with van der Waals surface area (Å²) >= 11 is 0. The molecule has 12 heteroatoms. The maximum absolute atomic E-state index is 13.5. The molecule has 0 saturated carbocycles. The van der Waals surface area contributed by atoms with E-state index in [9.17, 15) is 19.2 Å². The van der Waals surface area contributed by atoms with Crippen LogP contribution in [-0.2, 0) is 47.6 Å². The Balaban J connectivity index is 1.94. The zero-order valence-corrected chi connectivity index (χ0v) is 62.5. The van der Waals surface area contributed by atoms with Crippen LogP contribution in [0.1, 0.15) is 439 Å². The van der Waals surface area contributed by atoms with Crippen molar-refractivity contribution < 1.29 is 47.6 Å². The van der Waals surface area contributed by atoms with Gasteiger partial charge in [0.2, 0.25) is 0 Å². The van der Waals surface area contributed by atoms with Gasteiger partial charge in [0.25, 0.3) is 0 Å². The number of rotatable bonds is 72. The second-order valence-electron chi connectivity index (χ2n) is 29.3. The van der Waals surface area contributed by atoms with Crippen molar-refractivity contribution in [2.75, 3.05) is 39.6 Å². The largest absolute Gasteiger partial charge is 0.478 e. The molecule has 0 fully saturated rings. The zero-order valence-electron chi connectivity index (χ0n) is 62.5. The first-order chi connectivity index (χ1) is 46.2. The van der Waals surface area contributed by atoms with Gasteiger partial charge in [0.1, 0.15) is 39.6 Å². The van der Waals surface area contributed by atoms with E-state index < -0.39 is 23.0 Å². The molecule has 2 rings (SSSR count). The Labute approximate surface area is 579 Å². The average molecular weight is 1330 g/mol. The molecule has 0 aromatic rings. The highest BCUT2D eigenvalue weighted by atomic mass is 16.6. The summed E-state index contributed by atoms with van der Waals surface area (Å²) in [7, 11) is 0. The maximum Gasteiger partial charge on any atom is 0.417 e. The zero-order chi connectivity index (χ0) is 67.6. The summed E-state index contributed by atoms with van der Waals surface area (Å²) in [4.78, 5) is 63.3. The summed E-state index contributed by atoms with van der Waals surface area (Å²) in [5, 5.41) is 0. The van der Waals surface area contributed by atoms with Crippen molar-refractivity contribution in [3.8, 4) is 0 Å². The van der Waals surface area contributed by atoms with Crippen molar-refractivity contribution in [3.05, 3.63) is 0 Å². The van der Waals surface area contributed by atoms with Crippen molar-refractivity contribution >= 4 is 35.7 Å². The van der Waals surface area contributed by atoms with E-state index in [1.165, 1.54) is 308 Å². The van der Waals surface area contributed by atoms with Crippen LogP contribution in [-0.4, -0.2) is 86.4 Å². The van der Waals surface area contributed by atoms with Gasteiger partial charge in [0.15, 0.2) is 22.9 Å². The van der Waals surface area contributed by atoms with Crippen molar-refractivity contribution in [2.24, 2.45) is 9.98 Å². The van der Waals surface area contributed by atoms with Gasteiger partial charge < -0.3 is 28.4 Å². The second-order valence-corrected chi connectivity index (χ2v) is 29.3. The highest BCUT2D eigenvalue weighted by Crippen LogP contribution is 2.27. The molecule has 0 aromatic heterocycles. The van der Waals surface area contributed by atoms with E-state index in [1.54, 1.807) is 0 Å². The highest BCUT2D eigenvalue weighted by molar-refractivity contribution is 6.29. The van der Waals surface area contributed by atoms with Gasteiger partial charge in [-0.25, -0.2) is 19.6 Å². The molecule has 550 valence electrons. The van der Waals surface area contributed by atoms with Crippen LogP contribution in [0.15, 0.2) is 9.98 Å². The van der Waals surface area contributed by atoms with Crippen LogP contribution in [0, 0.1) is 0 Å². The third-order valence-corrected chi connectivity index (χ3v) is 19.8. The molecule has 0 radical (unpaired) electrons. The summed E-state index contributed by atoms with van der Waals surface area (Å²) in [6.45, 7) is 8.34. The Hall–Kier alpha value is -3.18. The number of carbonyl (C=O) groups is 4. The highest BCUT2D eigenvalue weighted by Gasteiger charge is 2.43. The molecular weight excluding hydrogens is 1170 g/mol. The lowest BCUT2D eigenvalue weighted by Crippen LogP contribution is -2.43. The third kappa shape index (κ3) is 52.0. The molecule has 0 spiro atoms. The van der Waals surface area contributed by atoms with Crippen molar-refractivity contribution in [1.82, 2.24) is 0 Å². The molecule has 94 heavy (non-hydrogen) atoms. The summed E-state index contributed by atoms with van der Waals surface area (Å²) in [5.74, 6) is -1.88. The monoisotopic (exact) mass is 1330 g/mol. The molecule has 2 aliphatic heterocycles. The maximum atomic E-state index is 13.5. The molecule has 0 saturated heterocycles. The van der Waals surface area contributed by atoms with Gasteiger partial charge in [-0.15, -0.1) is 0 Å². The minimum absolute atomic E-state index is 0.0672. The molecule has 0 amide bonds. The molecule has 2 aliphatic rings. The number of unbranched alkanes of at least 4 members (excludes halogenated alkanes) is 56. The summed E-state index contributed by atoms with van der Waals surface area (Å²) in [6, 6.07) is 0. The molecule has 12 nitrogen and oxygen atoms in total. The lowest BCUT2D eigenvalue weighted by atomic mass is 10.0. The Morgan fingerprint density at radius 2 is 0.447 bits per heavy atom. The quantitative estimate of drug-likeness (QED) is 0.0249. The van der Waals surface area contributed by atoms with Gasteiger partial charge in [-0.05, 0) is 25.7 Å². The van der Waals surface area contributed by atoms with Gasteiger partial charge in [-0.2, -0.15) is 0 Å². The second kappa shape index (κ2) is 64.5. The fourth-order valence-electron chi connectivity index (χ4n) is 13.4. The minimum Gasteiger partial charge on any atom is -0.478 e. The van der Waals surface area contributed by atoms with Crippen molar-refractivity contribution in [2.45, 2.75) is 450 Å². The first-order valence-corrected chi connectivity index (χ1v) is 41.3. The number of hydrogen-bond acceptors (Lipinski definition) is 12. The molecule has 2 atom stereocenters. The lowest BCUT2D eigenvalue weighted by Gasteiger charge is -2.24. The van der Waals surface area contributed by atoms with Crippen LogP contribution in [0.4, 0.5) is 0 Å². The Morgan fingerprint density at radius 1 is 0.266 bits per heavy atom. The van der Waals surface area contributed by atoms with Gasteiger partial charge in [0.05, 0.1) is 0 Å². The first kappa shape index (κ1) is 86.9. The normalized spacial score (nSPS) is 16.0. The van der Waals surface area contributed by atoms with Crippen LogP contribution in [0.3, 0.4) is 0 Å². The fourth-order valence-corrected chi connectivity index (χ4v) is 13.4. The Kier molecular flexibility index (Phi) is 59.6. The summed E-state index contributed by atoms with van der Waals surface area (Å²) < 4.78 is 35.3. The number of nitrogens with zero attached hydrogens (tertiary/aromatic N) is 2. The van der Waals surface area contributed by atoms with Crippen LogP contribution in [0.5, 0.6) is 0 Å². The third-order valence-electron chi connectivity index (χ3n) is 19.8. The van der Waals surface area contributed by atoms with Gasteiger partial charge in [-0.1, -0.05) is 387 Å². The van der Waals surface area contributed by atoms with Gasteiger partial charge >= 0.3 is 23.9 Å². The molecular formula is C82H152N2O10. The molecule has 0 aromatic carbocycles. The smallest absolute Gasteiger partial charge is 0.417 e. The molecule has 2 heterocycles. The van der Waals surface area contributed by atoms with E-state index in [1.807, 2.05) is 0 Å². The Bertz CT molecular complexity index is 1700. The number of hydrogen-bond donors (Lipinski definition) is 0. The van der Waals surface area contributed by atoms with Gasteiger partial charge in [-0.3, -0.25) is 9.59 Å². The predicted molar refractivity (Wildman–Crippen MR) is 394 cm³/mol. The SMILES string of the molecule is CCCCCCCCCCCCCCCCCC(=O)OCC1(COC(=O)C(=O)OCC2(COC(=O)CCCCCCCCCCCCCCCCC)COC(CCCCCCCCCCCCCCCCC)=N2)COC(CCCCCCCCCCCCCCCCC)=N1. The van der Waals surface area contributed by atoms with E-state index in [4.69, 9.17) is 38.4 Å². The van der Waals surface area contributed by atoms with E-state index in [0.717, 1.165) is 77.0 Å². The number of ether oxygens (including phenoxy) is 6. The molecule has 0 aliphatic carbocycles. The lowest BCUT2D eigenvalue weighted by molar-refractivity contribution is -0.171. The fraction of sp³-hybridized carbons (Fsp3) is 0.927. The van der Waals surface area contributed by atoms with Crippen LogP contribution >= 0.6 is 0 Å².